The van der Waals surface area contributed by atoms with E-state index in [0.29, 0.717) is 23.2 Å². The van der Waals surface area contributed by atoms with Crippen LogP contribution in [-0.2, 0) is 7.05 Å². The number of hydrogen-bond acceptors (Lipinski definition) is 5. The van der Waals surface area contributed by atoms with Crippen LogP contribution in [0.25, 0.3) is 22.9 Å². The van der Waals surface area contributed by atoms with Crippen molar-refractivity contribution in [3.63, 3.8) is 0 Å². The summed E-state index contributed by atoms with van der Waals surface area (Å²) in [6.45, 7) is 3.89. The highest BCUT2D eigenvalue weighted by atomic mass is 16.4. The summed E-state index contributed by atoms with van der Waals surface area (Å²) >= 11 is 0. The summed E-state index contributed by atoms with van der Waals surface area (Å²) in [6.07, 6.45) is 0. The van der Waals surface area contributed by atoms with Crippen molar-refractivity contribution < 1.29 is 9.21 Å². The first-order valence-corrected chi connectivity index (χ1v) is 8.82. The van der Waals surface area contributed by atoms with Gasteiger partial charge in [-0.25, -0.2) is 0 Å². The van der Waals surface area contributed by atoms with E-state index in [1.165, 1.54) is 0 Å². The molecule has 4 rings (SSSR count). The predicted octanol–water partition coefficient (Wildman–Crippen LogP) is 4.01. The topological polar surface area (TPSA) is 85.8 Å². The third-order valence-corrected chi connectivity index (χ3v) is 4.33. The number of benzene rings is 2. The first kappa shape index (κ1) is 17.7. The number of rotatable bonds is 4. The molecular formula is C21H19N5O2. The Morgan fingerprint density at radius 3 is 2.32 bits per heavy atom. The van der Waals surface area contributed by atoms with E-state index in [0.717, 1.165) is 22.4 Å². The maximum absolute atomic E-state index is 12.4. The number of amides is 1. The molecule has 0 fully saturated rings. The SMILES string of the molecule is Cc1cccc(-c2nnc(-c3ccc(C(=O)Nc4cc(C)nn4C)cc3)o2)c1. The number of aromatic nitrogens is 4. The van der Waals surface area contributed by atoms with E-state index < -0.39 is 0 Å². The van der Waals surface area contributed by atoms with Crippen molar-refractivity contribution in [3.8, 4) is 22.9 Å². The van der Waals surface area contributed by atoms with Crippen LogP contribution >= 0.6 is 0 Å². The van der Waals surface area contributed by atoms with Crippen LogP contribution in [0.4, 0.5) is 5.82 Å². The summed E-state index contributed by atoms with van der Waals surface area (Å²) in [4.78, 5) is 12.4. The molecule has 0 saturated heterocycles. The fourth-order valence-corrected chi connectivity index (χ4v) is 2.91. The molecule has 1 N–H and O–H groups in total. The highest BCUT2D eigenvalue weighted by Gasteiger charge is 2.13. The van der Waals surface area contributed by atoms with E-state index in [1.54, 1.807) is 36.0 Å². The molecule has 0 unspecified atom stereocenters. The molecule has 28 heavy (non-hydrogen) atoms. The number of nitrogens with zero attached hydrogens (tertiary/aromatic N) is 4. The fourth-order valence-electron chi connectivity index (χ4n) is 2.91. The lowest BCUT2D eigenvalue weighted by Crippen LogP contribution is -2.14. The molecule has 0 radical (unpaired) electrons. The van der Waals surface area contributed by atoms with Gasteiger partial charge in [-0.05, 0) is 50.2 Å². The Hall–Kier alpha value is -3.74. The first-order valence-electron chi connectivity index (χ1n) is 8.82. The van der Waals surface area contributed by atoms with Crippen LogP contribution in [0, 0.1) is 13.8 Å². The molecule has 0 aliphatic heterocycles. The average molecular weight is 373 g/mol. The van der Waals surface area contributed by atoms with Crippen LogP contribution in [0.1, 0.15) is 21.6 Å². The summed E-state index contributed by atoms with van der Waals surface area (Å²) in [7, 11) is 1.78. The Kier molecular flexibility index (Phi) is 4.49. The Bertz CT molecular complexity index is 1140. The van der Waals surface area contributed by atoms with Crippen LogP contribution in [0.3, 0.4) is 0 Å². The van der Waals surface area contributed by atoms with E-state index in [4.69, 9.17) is 4.42 Å². The number of carbonyl (C=O) groups is 1. The molecule has 2 aromatic heterocycles. The van der Waals surface area contributed by atoms with Gasteiger partial charge in [-0.15, -0.1) is 10.2 Å². The first-order chi connectivity index (χ1) is 13.5. The maximum atomic E-state index is 12.4. The Morgan fingerprint density at radius 1 is 0.964 bits per heavy atom. The molecule has 0 aliphatic rings. The van der Waals surface area contributed by atoms with Crippen LogP contribution < -0.4 is 5.32 Å². The molecule has 4 aromatic rings. The lowest BCUT2D eigenvalue weighted by Gasteiger charge is -2.05. The molecule has 1 amide bonds. The molecule has 2 aromatic carbocycles. The lowest BCUT2D eigenvalue weighted by molar-refractivity contribution is 0.102. The number of anilines is 1. The molecule has 2 heterocycles. The molecular weight excluding hydrogens is 354 g/mol. The van der Waals surface area contributed by atoms with E-state index in [1.807, 2.05) is 44.2 Å². The zero-order chi connectivity index (χ0) is 19.7. The Morgan fingerprint density at radius 2 is 1.68 bits per heavy atom. The largest absolute Gasteiger partial charge is 0.416 e. The van der Waals surface area contributed by atoms with Gasteiger partial charge in [0.1, 0.15) is 5.82 Å². The van der Waals surface area contributed by atoms with Gasteiger partial charge < -0.3 is 9.73 Å². The van der Waals surface area contributed by atoms with Crippen molar-refractivity contribution in [2.45, 2.75) is 13.8 Å². The van der Waals surface area contributed by atoms with Crippen LogP contribution in [-0.4, -0.2) is 25.9 Å². The number of nitrogens with one attached hydrogen (secondary N) is 1. The van der Waals surface area contributed by atoms with Gasteiger partial charge in [0.05, 0.1) is 5.69 Å². The molecule has 140 valence electrons. The Balaban J connectivity index is 1.52. The predicted molar refractivity (Wildman–Crippen MR) is 106 cm³/mol. The van der Waals surface area contributed by atoms with Gasteiger partial charge in [0.25, 0.3) is 5.91 Å². The van der Waals surface area contributed by atoms with E-state index in [-0.39, 0.29) is 5.91 Å². The summed E-state index contributed by atoms with van der Waals surface area (Å²) in [5.74, 6) is 1.31. The van der Waals surface area contributed by atoms with Crippen molar-refractivity contribution in [1.29, 1.82) is 0 Å². The van der Waals surface area contributed by atoms with Gasteiger partial charge in [0, 0.05) is 29.8 Å². The summed E-state index contributed by atoms with van der Waals surface area (Å²) in [5.41, 5.74) is 4.12. The zero-order valence-corrected chi connectivity index (χ0v) is 15.8. The van der Waals surface area contributed by atoms with Crippen LogP contribution in [0.5, 0.6) is 0 Å². The molecule has 0 spiro atoms. The molecule has 7 nitrogen and oxygen atoms in total. The van der Waals surface area contributed by atoms with Gasteiger partial charge in [-0.1, -0.05) is 17.7 Å². The third-order valence-electron chi connectivity index (χ3n) is 4.33. The van der Waals surface area contributed by atoms with Crippen molar-refractivity contribution in [2.24, 2.45) is 7.05 Å². The van der Waals surface area contributed by atoms with E-state index in [2.05, 4.69) is 20.6 Å². The van der Waals surface area contributed by atoms with Crippen molar-refractivity contribution in [2.75, 3.05) is 5.32 Å². The van der Waals surface area contributed by atoms with E-state index in [9.17, 15) is 4.79 Å². The fraction of sp³-hybridized carbons (Fsp3) is 0.143. The molecule has 0 atom stereocenters. The summed E-state index contributed by atoms with van der Waals surface area (Å²) in [5, 5.41) is 15.3. The molecule has 0 saturated carbocycles. The monoisotopic (exact) mass is 373 g/mol. The standard InChI is InChI=1S/C21H19N5O2/c1-13-5-4-6-17(11-13)21-24-23-20(28-21)16-9-7-15(8-10-16)19(27)22-18-12-14(2)25-26(18)3/h4-12H,1-3H3,(H,22,27). The quantitative estimate of drug-likeness (QED) is 0.584. The van der Waals surface area contributed by atoms with Gasteiger partial charge >= 0.3 is 0 Å². The Labute approximate surface area is 162 Å². The maximum Gasteiger partial charge on any atom is 0.256 e. The van der Waals surface area contributed by atoms with Gasteiger partial charge in [-0.3, -0.25) is 9.48 Å². The second kappa shape index (κ2) is 7.11. The average Bonchev–Trinajstić information content (AvgIpc) is 3.29. The highest BCUT2D eigenvalue weighted by molar-refractivity contribution is 6.04. The van der Waals surface area contributed by atoms with Gasteiger partial charge in [-0.2, -0.15) is 5.10 Å². The summed E-state index contributed by atoms with van der Waals surface area (Å²) < 4.78 is 7.42. The van der Waals surface area contributed by atoms with Crippen LogP contribution in [0.15, 0.2) is 59.0 Å². The number of hydrogen-bond donors (Lipinski definition) is 1. The molecule has 0 aliphatic carbocycles. The minimum atomic E-state index is -0.208. The smallest absolute Gasteiger partial charge is 0.256 e. The third kappa shape index (κ3) is 3.55. The molecule has 7 heteroatoms. The normalized spacial score (nSPS) is 10.8. The van der Waals surface area contributed by atoms with Gasteiger partial charge in [0.15, 0.2) is 0 Å². The number of aryl methyl sites for hydroxylation is 3. The zero-order valence-electron chi connectivity index (χ0n) is 15.8. The summed E-state index contributed by atoms with van der Waals surface area (Å²) in [6, 6.07) is 16.7. The van der Waals surface area contributed by atoms with Crippen molar-refractivity contribution in [1.82, 2.24) is 20.0 Å². The van der Waals surface area contributed by atoms with E-state index >= 15 is 0 Å². The minimum absolute atomic E-state index is 0.208. The lowest BCUT2D eigenvalue weighted by atomic mass is 10.1. The second-order valence-corrected chi connectivity index (χ2v) is 6.61. The van der Waals surface area contributed by atoms with Crippen molar-refractivity contribution >= 4 is 11.7 Å². The molecule has 0 bridgehead atoms. The van der Waals surface area contributed by atoms with Crippen molar-refractivity contribution in [3.05, 3.63) is 71.4 Å². The van der Waals surface area contributed by atoms with Crippen LogP contribution in [0.2, 0.25) is 0 Å². The highest BCUT2D eigenvalue weighted by Crippen LogP contribution is 2.24. The second-order valence-electron chi connectivity index (χ2n) is 6.61. The minimum Gasteiger partial charge on any atom is -0.416 e. The van der Waals surface area contributed by atoms with Gasteiger partial charge in [0.2, 0.25) is 11.8 Å². The number of carbonyl (C=O) groups excluding carboxylic acids is 1.